The van der Waals surface area contributed by atoms with E-state index >= 15 is 0 Å². The van der Waals surface area contributed by atoms with Crippen LogP contribution in [-0.2, 0) is 21.2 Å². The molecule has 0 aliphatic heterocycles. The van der Waals surface area contributed by atoms with Crippen molar-refractivity contribution in [2.45, 2.75) is 30.3 Å². The Morgan fingerprint density at radius 3 is 2.36 bits per heavy atom. The zero-order valence-corrected chi connectivity index (χ0v) is 20.4. The lowest BCUT2D eigenvalue weighted by molar-refractivity contribution is -0.123. The van der Waals surface area contributed by atoms with E-state index in [2.05, 4.69) is 10.0 Å². The van der Waals surface area contributed by atoms with Crippen LogP contribution in [0.3, 0.4) is 0 Å². The average molecular weight is 507 g/mol. The molecule has 33 heavy (non-hydrogen) atoms. The fourth-order valence-electron chi connectivity index (χ4n) is 3.39. The van der Waals surface area contributed by atoms with Gasteiger partial charge in [-0.3, -0.25) is 4.79 Å². The maximum atomic E-state index is 13.3. The molecule has 2 N–H and O–H groups in total. The molecule has 0 radical (unpaired) electrons. The van der Waals surface area contributed by atoms with Crippen molar-refractivity contribution in [2.24, 2.45) is 0 Å². The van der Waals surface area contributed by atoms with Gasteiger partial charge in [0, 0.05) is 10.6 Å². The first-order valence-electron chi connectivity index (χ1n) is 10.2. The molecule has 3 rings (SSSR count). The molecular formula is C24H24Cl2N2O4S. The van der Waals surface area contributed by atoms with Gasteiger partial charge in [0.25, 0.3) is 0 Å². The topological polar surface area (TPSA) is 84.5 Å². The number of ether oxygens (including phenoxy) is 1. The van der Waals surface area contributed by atoms with Crippen molar-refractivity contribution in [3.8, 4) is 5.75 Å². The van der Waals surface area contributed by atoms with Crippen LogP contribution in [0, 0.1) is 0 Å². The molecule has 9 heteroatoms. The largest absolute Gasteiger partial charge is 0.496 e. The minimum absolute atomic E-state index is 0.00755. The van der Waals surface area contributed by atoms with E-state index in [-0.39, 0.29) is 21.4 Å². The zero-order valence-electron chi connectivity index (χ0n) is 18.1. The number of nitrogens with one attached hydrogen (secondary N) is 2. The summed E-state index contributed by atoms with van der Waals surface area (Å²) in [6.07, 6.45) is 0.142. The van der Waals surface area contributed by atoms with Crippen molar-refractivity contribution in [1.29, 1.82) is 0 Å². The molecule has 0 heterocycles. The highest BCUT2D eigenvalue weighted by molar-refractivity contribution is 7.89. The van der Waals surface area contributed by atoms with Gasteiger partial charge < -0.3 is 10.1 Å². The molecule has 0 fully saturated rings. The molecule has 0 aromatic heterocycles. The Morgan fingerprint density at radius 1 is 1.00 bits per heavy atom. The number of halogens is 2. The fraction of sp³-hybridized carbons (Fsp3) is 0.208. The van der Waals surface area contributed by atoms with Crippen molar-refractivity contribution in [3.05, 3.63) is 94.0 Å². The first kappa shape index (κ1) is 25.1. The quantitative estimate of drug-likeness (QED) is 0.437. The molecule has 174 valence electrons. The molecule has 0 aliphatic rings. The number of methoxy groups -OCH3 is 1. The molecule has 0 saturated heterocycles. The van der Waals surface area contributed by atoms with E-state index in [9.17, 15) is 13.2 Å². The van der Waals surface area contributed by atoms with E-state index in [4.69, 9.17) is 27.9 Å². The second kappa shape index (κ2) is 11.0. The van der Waals surface area contributed by atoms with Crippen LogP contribution >= 0.6 is 23.2 Å². The van der Waals surface area contributed by atoms with Crippen LogP contribution in [0.1, 0.15) is 24.1 Å². The van der Waals surface area contributed by atoms with Gasteiger partial charge in [-0.25, -0.2) is 8.42 Å². The SMILES string of the molecule is COc1ccccc1[C@@H](C)NC(=O)[C@@H](Cc1ccccc1)NS(=O)(=O)c1cc(Cl)ccc1Cl. The van der Waals surface area contributed by atoms with Crippen LogP contribution in [0.2, 0.25) is 10.0 Å². The summed E-state index contributed by atoms with van der Waals surface area (Å²) in [5.41, 5.74) is 1.56. The summed E-state index contributed by atoms with van der Waals surface area (Å²) in [4.78, 5) is 13.1. The Balaban J connectivity index is 1.89. The fourth-order valence-corrected chi connectivity index (χ4v) is 5.35. The van der Waals surface area contributed by atoms with Crippen LogP contribution in [0.15, 0.2) is 77.7 Å². The standard InChI is InChI=1S/C24H24Cl2N2O4S/c1-16(19-10-6-7-11-22(19)32-2)27-24(29)21(14-17-8-4-3-5-9-17)28-33(30,31)23-15-18(25)12-13-20(23)26/h3-13,15-16,21,28H,14H2,1-2H3,(H,27,29)/t16-,21-/m1/s1. The third-order valence-electron chi connectivity index (χ3n) is 5.04. The number of sulfonamides is 1. The monoisotopic (exact) mass is 506 g/mol. The third-order valence-corrected chi connectivity index (χ3v) is 7.23. The van der Waals surface area contributed by atoms with Crippen LogP contribution in [0.5, 0.6) is 5.75 Å². The van der Waals surface area contributed by atoms with E-state index in [0.29, 0.717) is 5.75 Å². The smallest absolute Gasteiger partial charge is 0.242 e. The molecule has 0 aliphatic carbocycles. The van der Waals surface area contributed by atoms with Gasteiger partial charge in [-0.05, 0) is 43.2 Å². The van der Waals surface area contributed by atoms with Gasteiger partial charge in [0.1, 0.15) is 16.7 Å². The zero-order chi connectivity index (χ0) is 24.0. The molecule has 3 aromatic carbocycles. The van der Waals surface area contributed by atoms with E-state index in [1.807, 2.05) is 48.5 Å². The lowest BCUT2D eigenvalue weighted by Gasteiger charge is -2.23. The van der Waals surface area contributed by atoms with E-state index in [1.165, 1.54) is 18.2 Å². The van der Waals surface area contributed by atoms with Crippen LogP contribution in [0.25, 0.3) is 0 Å². The second-order valence-electron chi connectivity index (χ2n) is 7.41. The highest BCUT2D eigenvalue weighted by atomic mass is 35.5. The van der Waals surface area contributed by atoms with Gasteiger partial charge in [0.15, 0.2) is 0 Å². The molecule has 0 saturated carbocycles. The summed E-state index contributed by atoms with van der Waals surface area (Å²) in [6.45, 7) is 1.80. The van der Waals surface area contributed by atoms with Crippen LogP contribution < -0.4 is 14.8 Å². The first-order valence-corrected chi connectivity index (χ1v) is 12.4. The van der Waals surface area contributed by atoms with Crippen LogP contribution in [0.4, 0.5) is 0 Å². The van der Waals surface area contributed by atoms with Gasteiger partial charge in [-0.15, -0.1) is 0 Å². The summed E-state index contributed by atoms with van der Waals surface area (Å²) in [5, 5.41) is 3.11. The summed E-state index contributed by atoms with van der Waals surface area (Å²) < 4.78 is 34.1. The maximum absolute atomic E-state index is 13.3. The number of para-hydroxylation sites is 1. The predicted octanol–water partition coefficient (Wildman–Crippen LogP) is 4.77. The highest BCUT2D eigenvalue weighted by Gasteiger charge is 2.29. The first-order chi connectivity index (χ1) is 15.7. The average Bonchev–Trinajstić information content (AvgIpc) is 2.80. The van der Waals surface area contributed by atoms with Crippen molar-refractivity contribution in [2.75, 3.05) is 7.11 Å². The van der Waals surface area contributed by atoms with Crippen molar-refractivity contribution in [1.82, 2.24) is 10.0 Å². The number of carbonyl (C=O) groups is 1. The molecular weight excluding hydrogens is 483 g/mol. The van der Waals surface area contributed by atoms with Gasteiger partial charge in [0.05, 0.1) is 18.2 Å². The molecule has 3 aromatic rings. The lowest BCUT2D eigenvalue weighted by atomic mass is 10.0. The van der Waals surface area contributed by atoms with Crippen LogP contribution in [-0.4, -0.2) is 27.5 Å². The number of rotatable bonds is 9. The number of hydrogen-bond acceptors (Lipinski definition) is 4. The Hall–Kier alpha value is -2.58. The molecule has 0 bridgehead atoms. The third kappa shape index (κ3) is 6.48. The molecule has 6 nitrogen and oxygen atoms in total. The van der Waals surface area contributed by atoms with Crippen molar-refractivity contribution < 1.29 is 17.9 Å². The van der Waals surface area contributed by atoms with E-state index in [0.717, 1.165) is 11.1 Å². The summed E-state index contributed by atoms with van der Waals surface area (Å²) in [7, 11) is -2.59. The van der Waals surface area contributed by atoms with E-state index < -0.39 is 28.0 Å². The minimum atomic E-state index is -4.14. The van der Waals surface area contributed by atoms with Crippen molar-refractivity contribution >= 4 is 39.1 Å². The Bertz CT molecular complexity index is 1220. The molecule has 2 atom stereocenters. The predicted molar refractivity (Wildman–Crippen MR) is 130 cm³/mol. The minimum Gasteiger partial charge on any atom is -0.496 e. The summed E-state index contributed by atoms with van der Waals surface area (Å²) in [5.74, 6) is 0.134. The Morgan fingerprint density at radius 2 is 1.67 bits per heavy atom. The number of benzene rings is 3. The Labute approximate surface area is 203 Å². The second-order valence-corrected chi connectivity index (χ2v) is 9.94. The number of carbonyl (C=O) groups excluding carboxylic acids is 1. The van der Waals surface area contributed by atoms with Gasteiger partial charge in [-0.1, -0.05) is 71.7 Å². The molecule has 0 spiro atoms. The highest BCUT2D eigenvalue weighted by Crippen LogP contribution is 2.26. The maximum Gasteiger partial charge on any atom is 0.242 e. The lowest BCUT2D eigenvalue weighted by Crippen LogP contribution is -2.48. The number of amides is 1. The molecule has 1 amide bonds. The van der Waals surface area contributed by atoms with Crippen molar-refractivity contribution in [3.63, 3.8) is 0 Å². The molecule has 0 unspecified atom stereocenters. The summed E-state index contributed by atoms with van der Waals surface area (Å²) >= 11 is 12.1. The number of hydrogen-bond donors (Lipinski definition) is 2. The van der Waals surface area contributed by atoms with Gasteiger partial charge in [-0.2, -0.15) is 4.72 Å². The van der Waals surface area contributed by atoms with E-state index in [1.54, 1.807) is 20.1 Å². The van der Waals surface area contributed by atoms with Gasteiger partial charge >= 0.3 is 0 Å². The summed E-state index contributed by atoms with van der Waals surface area (Å²) in [6, 6.07) is 19.1. The Kier molecular flexibility index (Phi) is 8.37. The van der Waals surface area contributed by atoms with Gasteiger partial charge in [0.2, 0.25) is 15.9 Å². The normalized spacial score (nSPS) is 13.2.